The number of halogens is 3. The summed E-state index contributed by atoms with van der Waals surface area (Å²) in [6.45, 7) is 0.294. The summed E-state index contributed by atoms with van der Waals surface area (Å²) in [5, 5.41) is 17.0. The van der Waals surface area contributed by atoms with Crippen molar-refractivity contribution in [1.82, 2.24) is 0 Å². The van der Waals surface area contributed by atoms with E-state index in [1.54, 1.807) is 0 Å². The summed E-state index contributed by atoms with van der Waals surface area (Å²) in [7, 11) is 2.09. The van der Waals surface area contributed by atoms with Gasteiger partial charge in [0.05, 0.1) is 18.8 Å². The second kappa shape index (κ2) is 6.71. The summed E-state index contributed by atoms with van der Waals surface area (Å²) in [6.07, 6.45) is -1.07. The molecule has 5 nitrogen and oxygen atoms in total. The molecule has 0 bridgehead atoms. The lowest BCUT2D eigenvalue weighted by Crippen LogP contribution is -2.41. The van der Waals surface area contributed by atoms with E-state index in [1.165, 1.54) is 0 Å². The van der Waals surface area contributed by atoms with Crippen LogP contribution in [-0.4, -0.2) is 39.9 Å². The largest absolute Gasteiger partial charge is 0.448 e. The Kier molecular flexibility index (Phi) is 6.20. The van der Waals surface area contributed by atoms with Crippen molar-refractivity contribution >= 4 is 50.2 Å². The molecule has 4 atom stereocenters. The normalized spacial score (nSPS) is 30.1. The van der Waals surface area contributed by atoms with E-state index in [9.17, 15) is 5.11 Å². The molecule has 0 aromatic carbocycles. The number of aliphatic hydroxyl groups excluding tert-OH is 1. The van der Waals surface area contributed by atoms with Gasteiger partial charge in [0.2, 0.25) is 12.2 Å². The van der Waals surface area contributed by atoms with Crippen molar-refractivity contribution in [2.24, 2.45) is 0 Å². The maximum absolute atomic E-state index is 9.60. The molecule has 0 radical (unpaired) electrons. The van der Waals surface area contributed by atoms with Crippen LogP contribution in [-0.2, 0) is 14.0 Å². The van der Waals surface area contributed by atoms with Crippen LogP contribution in [0.4, 0.5) is 0 Å². The van der Waals surface area contributed by atoms with Gasteiger partial charge in [-0.15, -0.1) is 0 Å². The molecule has 0 aromatic heterocycles. The van der Waals surface area contributed by atoms with Crippen LogP contribution >= 0.6 is 44.3 Å². The molecule has 2 N–H and O–H groups in total. The average Bonchev–Trinajstić information content (AvgIpc) is 2.15. The third-order valence-corrected chi connectivity index (χ3v) is 2.84. The highest BCUT2D eigenvalue weighted by Crippen LogP contribution is 2.30. The Morgan fingerprint density at radius 2 is 2.12 bits per heavy atom. The molecular formula is C8H13Cl3NO4P. The summed E-state index contributed by atoms with van der Waals surface area (Å²) in [5.41, 5.74) is 0. The van der Waals surface area contributed by atoms with Gasteiger partial charge < -0.3 is 19.1 Å². The molecule has 9 heteroatoms. The zero-order chi connectivity index (χ0) is 13.1. The summed E-state index contributed by atoms with van der Waals surface area (Å²) in [4.78, 5) is 0. The highest BCUT2D eigenvalue weighted by molar-refractivity contribution is 7.09. The minimum atomic E-state index is -1.93. The molecule has 1 saturated heterocycles. The Labute approximate surface area is 116 Å². The van der Waals surface area contributed by atoms with Crippen LogP contribution in [0.1, 0.15) is 12.8 Å². The Balaban J connectivity index is 2.50. The Morgan fingerprint density at radius 1 is 1.47 bits per heavy atom. The second-order valence-electron chi connectivity index (χ2n) is 3.59. The number of ether oxygens (including phenoxy) is 2. The Bertz CT molecular complexity index is 276. The first-order valence-electron chi connectivity index (χ1n) is 4.80. The van der Waals surface area contributed by atoms with Gasteiger partial charge in [-0.05, 0) is 0 Å². The van der Waals surface area contributed by atoms with E-state index < -0.39 is 22.1 Å². The van der Waals surface area contributed by atoms with E-state index in [-0.39, 0.29) is 12.5 Å². The molecule has 100 valence electrons. The molecule has 0 aliphatic carbocycles. The van der Waals surface area contributed by atoms with E-state index in [4.69, 9.17) is 54.2 Å². The first-order valence-corrected chi connectivity index (χ1v) is 6.41. The molecule has 0 aromatic rings. The second-order valence-corrected chi connectivity index (χ2v) is 6.21. The summed E-state index contributed by atoms with van der Waals surface area (Å²) in [6, 6.07) is 0. The minimum Gasteiger partial charge on any atom is -0.448 e. The van der Waals surface area contributed by atoms with E-state index in [1.807, 2.05) is 0 Å². The van der Waals surface area contributed by atoms with Gasteiger partial charge in [-0.1, -0.05) is 34.8 Å². The molecule has 1 aliphatic rings. The number of hydrogen-bond donors (Lipinski definition) is 2. The predicted molar refractivity (Wildman–Crippen MR) is 68.7 cm³/mol. The lowest BCUT2D eigenvalue weighted by molar-refractivity contribution is -0.188. The third-order valence-electron chi connectivity index (χ3n) is 2.13. The first kappa shape index (κ1) is 15.7. The lowest BCUT2D eigenvalue weighted by atomic mass is 10.1. The molecule has 1 rings (SSSR count). The van der Waals surface area contributed by atoms with Crippen molar-refractivity contribution in [3.8, 4) is 0 Å². The summed E-state index contributed by atoms with van der Waals surface area (Å²) >= 11 is 16.4. The summed E-state index contributed by atoms with van der Waals surface area (Å²) in [5.74, 6) is -0.535. The Hall–Kier alpha value is 0.650. The molecule has 17 heavy (non-hydrogen) atoms. The quantitative estimate of drug-likeness (QED) is 0.361. The monoisotopic (exact) mass is 323 g/mol. The van der Waals surface area contributed by atoms with Gasteiger partial charge in [-0.2, -0.15) is 0 Å². The fourth-order valence-corrected chi connectivity index (χ4v) is 1.78. The fraction of sp³-hybridized carbons (Fsp3) is 0.875. The zero-order valence-corrected chi connectivity index (χ0v) is 12.2. The van der Waals surface area contributed by atoms with Gasteiger partial charge in [0, 0.05) is 22.3 Å². The highest BCUT2D eigenvalue weighted by atomic mass is 35.6. The van der Waals surface area contributed by atoms with E-state index >= 15 is 0 Å². The summed E-state index contributed by atoms with van der Waals surface area (Å²) < 4.78 is 13.4. The fourth-order valence-electron chi connectivity index (χ4n) is 1.44. The van der Waals surface area contributed by atoms with Gasteiger partial charge >= 0.3 is 0 Å². The van der Waals surface area contributed by atoms with Gasteiger partial charge in [0.25, 0.3) is 3.79 Å². The van der Waals surface area contributed by atoms with Crippen LogP contribution in [0.3, 0.4) is 0 Å². The standard InChI is InChI=1S/C8H13Cl3NO4P/c9-8(10,11)7(12)16-6-2-4(13)1-5(15-6)3-14-17/h4-6,12-13H,1-3,17H2/t4-,5?,6+/m0/s1. The first-order chi connectivity index (χ1) is 7.82. The molecule has 2 unspecified atom stereocenters. The van der Waals surface area contributed by atoms with Crippen molar-refractivity contribution in [3.05, 3.63) is 0 Å². The van der Waals surface area contributed by atoms with E-state index in [0.29, 0.717) is 13.0 Å². The van der Waals surface area contributed by atoms with Crippen LogP contribution in [0.2, 0.25) is 0 Å². The number of alkyl halides is 3. The SMILES string of the molecule is N=C(O[C@@H]1C[C@@H](O)CC(COP)O1)C(Cl)(Cl)Cl. The van der Waals surface area contributed by atoms with E-state index in [0.717, 1.165) is 0 Å². The average molecular weight is 325 g/mol. The number of rotatable bonds is 3. The molecule has 1 aliphatic heterocycles. The third kappa shape index (κ3) is 5.43. The highest BCUT2D eigenvalue weighted by Gasteiger charge is 2.35. The van der Waals surface area contributed by atoms with Gasteiger partial charge in [0.1, 0.15) is 0 Å². The van der Waals surface area contributed by atoms with Crippen LogP contribution in [0.25, 0.3) is 0 Å². The smallest absolute Gasteiger partial charge is 0.265 e. The molecule has 0 spiro atoms. The van der Waals surface area contributed by atoms with Crippen molar-refractivity contribution in [2.75, 3.05) is 6.61 Å². The van der Waals surface area contributed by atoms with Crippen LogP contribution in [0, 0.1) is 5.41 Å². The Morgan fingerprint density at radius 3 is 2.65 bits per heavy atom. The maximum Gasteiger partial charge on any atom is 0.265 e. The molecule has 0 saturated carbocycles. The van der Waals surface area contributed by atoms with Crippen LogP contribution in [0.15, 0.2) is 0 Å². The van der Waals surface area contributed by atoms with Crippen molar-refractivity contribution in [3.63, 3.8) is 0 Å². The van der Waals surface area contributed by atoms with E-state index in [2.05, 4.69) is 9.47 Å². The number of nitrogens with one attached hydrogen (secondary N) is 1. The molecular weight excluding hydrogens is 311 g/mol. The minimum absolute atomic E-state index is 0.219. The van der Waals surface area contributed by atoms with Gasteiger partial charge in [-0.3, -0.25) is 5.41 Å². The maximum atomic E-state index is 9.60. The molecule has 0 amide bonds. The predicted octanol–water partition coefficient (Wildman–Crippen LogP) is 2.02. The van der Waals surface area contributed by atoms with Gasteiger partial charge in [-0.25, -0.2) is 0 Å². The molecule has 1 fully saturated rings. The topological polar surface area (TPSA) is 71.8 Å². The van der Waals surface area contributed by atoms with Crippen molar-refractivity contribution in [1.29, 1.82) is 5.41 Å². The van der Waals surface area contributed by atoms with Crippen LogP contribution < -0.4 is 0 Å². The zero-order valence-electron chi connectivity index (χ0n) is 8.74. The molecule has 1 heterocycles. The van der Waals surface area contributed by atoms with Crippen molar-refractivity contribution in [2.45, 2.75) is 35.1 Å². The van der Waals surface area contributed by atoms with Gasteiger partial charge in [0.15, 0.2) is 0 Å². The number of aliphatic hydroxyl groups is 1. The lowest BCUT2D eigenvalue weighted by Gasteiger charge is -2.33. The van der Waals surface area contributed by atoms with Crippen LogP contribution in [0.5, 0.6) is 0 Å². The van der Waals surface area contributed by atoms with Crippen molar-refractivity contribution < 1.29 is 19.1 Å². The number of hydrogen-bond acceptors (Lipinski definition) is 5.